The van der Waals surface area contributed by atoms with E-state index in [1.54, 1.807) is 23.5 Å². The molecule has 0 fully saturated rings. The average Bonchev–Trinajstić information content (AvgIpc) is 3.34. The molecule has 0 bridgehead atoms. The van der Waals surface area contributed by atoms with Crippen molar-refractivity contribution in [1.82, 2.24) is 20.1 Å². The van der Waals surface area contributed by atoms with Crippen molar-refractivity contribution >= 4 is 29.0 Å². The molecule has 0 saturated carbocycles. The van der Waals surface area contributed by atoms with Gasteiger partial charge in [0.25, 0.3) is 0 Å². The number of thioether (sulfide) groups is 1. The molecule has 10 heteroatoms. The number of nitrogens with one attached hydrogen (secondary N) is 1. The summed E-state index contributed by atoms with van der Waals surface area (Å²) < 4.78 is 30.6. The standard InChI is InChI=1S/C18H18F2N4O2S2/c1-2-24-16(14-4-3-9-27-14)22-23-18(24)28-11-15(25)21-10-12-5-7-13(8-6-12)26-17(19)20/h3-9,17H,2,10-11H2,1H3,(H,21,25). The fourth-order valence-electron chi connectivity index (χ4n) is 2.44. The fraction of sp³-hybridized carbons (Fsp3) is 0.278. The van der Waals surface area contributed by atoms with Crippen LogP contribution in [0.3, 0.4) is 0 Å². The Morgan fingerprint density at radius 2 is 2.07 bits per heavy atom. The number of aromatic nitrogens is 3. The zero-order valence-electron chi connectivity index (χ0n) is 15.0. The zero-order chi connectivity index (χ0) is 19.9. The molecule has 0 aliphatic heterocycles. The molecule has 0 aliphatic rings. The number of alkyl halides is 2. The zero-order valence-corrected chi connectivity index (χ0v) is 16.6. The molecule has 0 spiro atoms. The van der Waals surface area contributed by atoms with Gasteiger partial charge in [-0.15, -0.1) is 21.5 Å². The van der Waals surface area contributed by atoms with E-state index in [1.165, 1.54) is 23.9 Å². The lowest BCUT2D eigenvalue weighted by Crippen LogP contribution is -2.24. The van der Waals surface area contributed by atoms with Gasteiger partial charge in [0.2, 0.25) is 5.91 Å². The number of nitrogens with zero attached hydrogens (tertiary/aromatic N) is 3. The van der Waals surface area contributed by atoms with Gasteiger partial charge in [0.15, 0.2) is 11.0 Å². The van der Waals surface area contributed by atoms with Crippen molar-refractivity contribution in [2.24, 2.45) is 0 Å². The van der Waals surface area contributed by atoms with Crippen molar-refractivity contribution in [3.05, 3.63) is 47.3 Å². The van der Waals surface area contributed by atoms with E-state index in [-0.39, 0.29) is 17.4 Å². The third-order valence-corrected chi connectivity index (χ3v) is 5.58. The molecular weight excluding hydrogens is 406 g/mol. The van der Waals surface area contributed by atoms with Gasteiger partial charge < -0.3 is 14.6 Å². The van der Waals surface area contributed by atoms with Crippen LogP contribution >= 0.6 is 23.1 Å². The van der Waals surface area contributed by atoms with E-state index in [9.17, 15) is 13.6 Å². The summed E-state index contributed by atoms with van der Waals surface area (Å²) in [5.41, 5.74) is 0.789. The molecule has 0 radical (unpaired) electrons. The van der Waals surface area contributed by atoms with Crippen LogP contribution in [0.5, 0.6) is 5.75 Å². The van der Waals surface area contributed by atoms with Crippen LogP contribution in [0.2, 0.25) is 0 Å². The molecule has 28 heavy (non-hydrogen) atoms. The first-order valence-electron chi connectivity index (χ1n) is 8.47. The Labute approximate surface area is 168 Å². The summed E-state index contributed by atoms with van der Waals surface area (Å²) in [7, 11) is 0. The number of thiophene rings is 1. The molecule has 6 nitrogen and oxygen atoms in total. The first-order valence-corrected chi connectivity index (χ1v) is 10.3. The molecule has 0 atom stereocenters. The number of rotatable bonds is 9. The molecule has 0 unspecified atom stereocenters. The van der Waals surface area contributed by atoms with Crippen LogP contribution in [-0.4, -0.2) is 33.0 Å². The van der Waals surface area contributed by atoms with Gasteiger partial charge in [-0.1, -0.05) is 30.0 Å². The van der Waals surface area contributed by atoms with Crippen molar-refractivity contribution in [3.8, 4) is 16.5 Å². The van der Waals surface area contributed by atoms with Gasteiger partial charge >= 0.3 is 6.61 Å². The summed E-state index contributed by atoms with van der Waals surface area (Å²) in [6.45, 7) is 0.159. The predicted octanol–water partition coefficient (Wildman–Crippen LogP) is 4.04. The third-order valence-electron chi connectivity index (χ3n) is 3.75. The number of amides is 1. The summed E-state index contributed by atoms with van der Waals surface area (Å²) in [4.78, 5) is 13.2. The van der Waals surface area contributed by atoms with Crippen molar-refractivity contribution < 1.29 is 18.3 Å². The van der Waals surface area contributed by atoms with E-state index < -0.39 is 6.61 Å². The monoisotopic (exact) mass is 424 g/mol. The van der Waals surface area contributed by atoms with Crippen LogP contribution < -0.4 is 10.1 Å². The highest BCUT2D eigenvalue weighted by Gasteiger charge is 2.15. The highest BCUT2D eigenvalue weighted by atomic mass is 32.2. The minimum atomic E-state index is -2.85. The fourth-order valence-corrected chi connectivity index (χ4v) is 3.99. The van der Waals surface area contributed by atoms with E-state index in [2.05, 4.69) is 20.3 Å². The normalized spacial score (nSPS) is 11.0. The summed E-state index contributed by atoms with van der Waals surface area (Å²) in [5.74, 6) is 0.934. The summed E-state index contributed by atoms with van der Waals surface area (Å²) in [6, 6.07) is 10.1. The smallest absolute Gasteiger partial charge is 0.387 e. The van der Waals surface area contributed by atoms with Crippen molar-refractivity contribution in [3.63, 3.8) is 0 Å². The number of hydrogen-bond donors (Lipinski definition) is 1. The number of ether oxygens (including phenoxy) is 1. The molecule has 0 aliphatic carbocycles. The van der Waals surface area contributed by atoms with E-state index in [0.29, 0.717) is 18.2 Å². The quantitative estimate of drug-likeness (QED) is 0.525. The van der Waals surface area contributed by atoms with Crippen LogP contribution in [0, 0.1) is 0 Å². The lowest BCUT2D eigenvalue weighted by atomic mass is 10.2. The second-order valence-corrected chi connectivity index (χ2v) is 7.51. The molecule has 0 saturated heterocycles. The maximum absolute atomic E-state index is 12.1. The van der Waals surface area contributed by atoms with Crippen molar-refractivity contribution in [1.29, 1.82) is 0 Å². The number of halogens is 2. The van der Waals surface area contributed by atoms with E-state index in [4.69, 9.17) is 0 Å². The van der Waals surface area contributed by atoms with Crippen LogP contribution in [0.25, 0.3) is 10.7 Å². The topological polar surface area (TPSA) is 69.0 Å². The van der Waals surface area contributed by atoms with E-state index in [0.717, 1.165) is 16.3 Å². The molecule has 3 rings (SSSR count). The number of carbonyl (C=O) groups excluding carboxylic acids is 1. The number of benzene rings is 1. The first kappa shape index (κ1) is 20.3. The summed E-state index contributed by atoms with van der Waals surface area (Å²) in [5, 5.41) is 13.9. The Bertz CT molecular complexity index is 899. The SMILES string of the molecule is CCn1c(SCC(=O)NCc2ccc(OC(F)F)cc2)nnc1-c1cccs1. The molecule has 2 aromatic heterocycles. The minimum Gasteiger partial charge on any atom is -0.435 e. The number of carbonyl (C=O) groups is 1. The predicted molar refractivity (Wildman–Crippen MR) is 105 cm³/mol. The maximum Gasteiger partial charge on any atom is 0.387 e. The molecular formula is C18H18F2N4O2S2. The Morgan fingerprint density at radius 3 is 2.71 bits per heavy atom. The Hall–Kier alpha value is -2.46. The van der Waals surface area contributed by atoms with Gasteiger partial charge in [-0.25, -0.2) is 0 Å². The summed E-state index contributed by atoms with van der Waals surface area (Å²) >= 11 is 2.91. The second kappa shape index (κ2) is 9.65. The average molecular weight is 424 g/mol. The third kappa shape index (κ3) is 5.29. The second-order valence-electron chi connectivity index (χ2n) is 5.62. The van der Waals surface area contributed by atoms with Crippen LogP contribution in [0.15, 0.2) is 46.9 Å². The van der Waals surface area contributed by atoms with Gasteiger partial charge in [0.1, 0.15) is 5.75 Å². The van der Waals surface area contributed by atoms with Gasteiger partial charge in [0.05, 0.1) is 10.6 Å². The van der Waals surface area contributed by atoms with Crippen molar-refractivity contribution in [2.45, 2.75) is 31.8 Å². The van der Waals surface area contributed by atoms with Gasteiger partial charge in [0, 0.05) is 13.1 Å². The van der Waals surface area contributed by atoms with Gasteiger partial charge in [-0.3, -0.25) is 4.79 Å². The number of hydrogen-bond acceptors (Lipinski definition) is 6. The summed E-state index contributed by atoms with van der Waals surface area (Å²) in [6.07, 6.45) is 0. The molecule has 3 aromatic rings. The van der Waals surface area contributed by atoms with Gasteiger partial charge in [-0.2, -0.15) is 8.78 Å². The van der Waals surface area contributed by atoms with Crippen LogP contribution in [0.1, 0.15) is 12.5 Å². The Kier molecular flexibility index (Phi) is 6.99. The molecule has 2 heterocycles. The Balaban J connectivity index is 1.51. The first-order chi connectivity index (χ1) is 13.6. The Morgan fingerprint density at radius 1 is 1.29 bits per heavy atom. The molecule has 1 N–H and O–H groups in total. The van der Waals surface area contributed by atoms with Crippen molar-refractivity contribution in [2.75, 3.05) is 5.75 Å². The van der Waals surface area contributed by atoms with Crippen LogP contribution in [0.4, 0.5) is 8.78 Å². The highest BCUT2D eigenvalue weighted by molar-refractivity contribution is 7.99. The molecule has 148 valence electrons. The molecule has 1 aromatic carbocycles. The van der Waals surface area contributed by atoms with Gasteiger partial charge in [-0.05, 0) is 36.1 Å². The minimum absolute atomic E-state index is 0.0843. The molecule has 1 amide bonds. The lowest BCUT2D eigenvalue weighted by Gasteiger charge is -2.08. The maximum atomic E-state index is 12.1. The highest BCUT2D eigenvalue weighted by Crippen LogP contribution is 2.27. The van der Waals surface area contributed by atoms with Crippen LogP contribution in [-0.2, 0) is 17.9 Å². The van der Waals surface area contributed by atoms with E-state index >= 15 is 0 Å². The van der Waals surface area contributed by atoms with E-state index in [1.807, 2.05) is 29.0 Å². The largest absolute Gasteiger partial charge is 0.435 e. The lowest BCUT2D eigenvalue weighted by molar-refractivity contribution is -0.118.